The van der Waals surface area contributed by atoms with Crippen molar-refractivity contribution in [2.24, 2.45) is 0 Å². The number of phenols is 1. The van der Waals surface area contributed by atoms with Crippen molar-refractivity contribution in [2.75, 3.05) is 26.4 Å². The van der Waals surface area contributed by atoms with Gasteiger partial charge in [-0.25, -0.2) is 0 Å². The van der Waals surface area contributed by atoms with Gasteiger partial charge in [-0.3, -0.25) is 9.29 Å². The molecule has 1 aliphatic heterocycles. The zero-order chi connectivity index (χ0) is 13.2. The summed E-state index contributed by atoms with van der Waals surface area (Å²) in [6, 6.07) is 5.88. The molecule has 0 saturated carbocycles. The molecule has 1 saturated heterocycles. The fraction of sp³-hybridized carbons (Fsp3) is 0.600. The number of alkyl halides is 1. The van der Waals surface area contributed by atoms with Gasteiger partial charge in [0, 0.05) is 19.1 Å². The number of hydrogen-bond acceptors (Lipinski definition) is 3. The number of rotatable bonds is 3. The molecule has 2 unspecified atom stereocenters. The van der Waals surface area contributed by atoms with Gasteiger partial charge >= 0.3 is 0 Å². The van der Waals surface area contributed by atoms with E-state index < -0.39 is 0 Å². The molecule has 1 heterocycles. The van der Waals surface area contributed by atoms with Crippen molar-refractivity contribution in [3.8, 4) is 5.75 Å². The molecule has 1 aliphatic carbocycles. The maximum Gasteiger partial charge on any atom is 0.115 e. The minimum atomic E-state index is -0.258. The number of hydrogen-bond donors (Lipinski definition) is 1. The zero-order valence-electron chi connectivity index (χ0n) is 11.0. The topological polar surface area (TPSA) is 32.7 Å². The second-order valence-corrected chi connectivity index (χ2v) is 5.36. The average molecular weight is 265 g/mol. The molecule has 0 amide bonds. The molecule has 2 atom stereocenters. The highest BCUT2D eigenvalue weighted by molar-refractivity contribution is 5.39. The Morgan fingerprint density at radius 3 is 3.16 bits per heavy atom. The lowest BCUT2D eigenvalue weighted by molar-refractivity contribution is -0.0808. The Morgan fingerprint density at radius 1 is 1.42 bits per heavy atom. The summed E-state index contributed by atoms with van der Waals surface area (Å²) < 4.78 is 18.3. The standard InChI is InChI=1S/C15H20FNO2/c16-6-1-7-17-8-9-19-15-13-10-12(18)4-2-11(13)3-5-14(15)17/h2,4,10,14-15,18H,1,3,5-9H2. The summed E-state index contributed by atoms with van der Waals surface area (Å²) in [5, 5.41) is 9.67. The van der Waals surface area contributed by atoms with E-state index in [-0.39, 0.29) is 12.8 Å². The predicted molar refractivity (Wildman–Crippen MR) is 71.1 cm³/mol. The summed E-state index contributed by atoms with van der Waals surface area (Å²) >= 11 is 0. The SMILES string of the molecule is Oc1ccc2c(c1)C1OCCN(CCCF)C1CC2. The molecule has 0 aromatic heterocycles. The highest BCUT2D eigenvalue weighted by Crippen LogP contribution is 2.39. The van der Waals surface area contributed by atoms with E-state index in [0.717, 1.165) is 31.5 Å². The first-order valence-electron chi connectivity index (χ1n) is 7.03. The van der Waals surface area contributed by atoms with Crippen LogP contribution in [-0.4, -0.2) is 42.4 Å². The van der Waals surface area contributed by atoms with E-state index in [1.54, 1.807) is 6.07 Å². The van der Waals surface area contributed by atoms with Crippen molar-refractivity contribution >= 4 is 0 Å². The fourth-order valence-corrected chi connectivity index (χ4v) is 3.32. The van der Waals surface area contributed by atoms with Crippen molar-refractivity contribution in [1.29, 1.82) is 0 Å². The first kappa shape index (κ1) is 12.9. The van der Waals surface area contributed by atoms with Gasteiger partial charge in [0.1, 0.15) is 5.75 Å². The summed E-state index contributed by atoms with van der Waals surface area (Å²) in [5.74, 6) is 0.295. The Labute approximate surface area is 113 Å². The van der Waals surface area contributed by atoms with Gasteiger partial charge in [0.2, 0.25) is 0 Å². The van der Waals surface area contributed by atoms with Gasteiger partial charge in [0.05, 0.1) is 19.4 Å². The van der Waals surface area contributed by atoms with Crippen LogP contribution < -0.4 is 0 Å². The van der Waals surface area contributed by atoms with Crippen molar-refractivity contribution in [3.05, 3.63) is 29.3 Å². The van der Waals surface area contributed by atoms with E-state index in [1.165, 1.54) is 5.56 Å². The molecule has 0 spiro atoms. The molecule has 3 nitrogen and oxygen atoms in total. The number of nitrogens with zero attached hydrogens (tertiary/aromatic N) is 1. The Bertz CT molecular complexity index is 452. The van der Waals surface area contributed by atoms with E-state index in [4.69, 9.17) is 4.74 Å². The number of phenolic OH excluding ortho intramolecular Hbond substituents is 1. The summed E-state index contributed by atoms with van der Waals surface area (Å²) in [7, 11) is 0. The van der Waals surface area contributed by atoms with Crippen LogP contribution in [0.1, 0.15) is 30.1 Å². The molecule has 0 radical (unpaired) electrons. The van der Waals surface area contributed by atoms with Crippen molar-refractivity contribution in [1.82, 2.24) is 4.90 Å². The maximum atomic E-state index is 12.4. The van der Waals surface area contributed by atoms with E-state index in [2.05, 4.69) is 4.90 Å². The van der Waals surface area contributed by atoms with Gasteiger partial charge < -0.3 is 9.84 Å². The molecule has 1 aromatic carbocycles. The van der Waals surface area contributed by atoms with Crippen LogP contribution in [0.25, 0.3) is 0 Å². The van der Waals surface area contributed by atoms with Crippen LogP contribution >= 0.6 is 0 Å². The third-order valence-electron chi connectivity index (χ3n) is 4.22. The summed E-state index contributed by atoms with van der Waals surface area (Å²) in [6.45, 7) is 2.11. The molecule has 3 rings (SSSR count). The largest absolute Gasteiger partial charge is 0.508 e. The smallest absolute Gasteiger partial charge is 0.115 e. The molecule has 1 aromatic rings. The van der Waals surface area contributed by atoms with Crippen LogP contribution in [-0.2, 0) is 11.2 Å². The monoisotopic (exact) mass is 265 g/mol. The van der Waals surface area contributed by atoms with Crippen molar-refractivity contribution in [2.45, 2.75) is 31.4 Å². The van der Waals surface area contributed by atoms with Gasteiger partial charge in [-0.2, -0.15) is 0 Å². The van der Waals surface area contributed by atoms with Crippen LogP contribution in [0.3, 0.4) is 0 Å². The summed E-state index contributed by atoms with van der Waals surface area (Å²) in [6.07, 6.45) is 2.68. The lowest BCUT2D eigenvalue weighted by Gasteiger charge is -2.44. The quantitative estimate of drug-likeness (QED) is 0.911. The minimum Gasteiger partial charge on any atom is -0.508 e. The lowest BCUT2D eigenvalue weighted by Crippen LogP contribution is -2.49. The number of benzene rings is 1. The molecular weight excluding hydrogens is 245 g/mol. The Kier molecular flexibility index (Phi) is 3.71. The average Bonchev–Trinajstić information content (AvgIpc) is 2.44. The summed E-state index contributed by atoms with van der Waals surface area (Å²) in [4.78, 5) is 2.35. The third kappa shape index (κ3) is 2.47. The Morgan fingerprint density at radius 2 is 2.32 bits per heavy atom. The second kappa shape index (κ2) is 5.47. The molecule has 0 bridgehead atoms. The van der Waals surface area contributed by atoms with Crippen molar-refractivity contribution < 1.29 is 14.2 Å². The summed E-state index contributed by atoms with van der Waals surface area (Å²) in [5.41, 5.74) is 2.38. The highest BCUT2D eigenvalue weighted by Gasteiger charge is 2.37. The van der Waals surface area contributed by atoms with Gasteiger partial charge in [0.15, 0.2) is 0 Å². The minimum absolute atomic E-state index is 0.0317. The van der Waals surface area contributed by atoms with Gasteiger partial charge in [0.25, 0.3) is 0 Å². The number of fused-ring (bicyclic) bond motifs is 3. The first-order chi connectivity index (χ1) is 9.29. The first-order valence-corrected chi connectivity index (χ1v) is 7.03. The predicted octanol–water partition coefficient (Wildman–Crippen LogP) is 2.44. The van der Waals surface area contributed by atoms with E-state index in [0.29, 0.717) is 24.8 Å². The number of aryl methyl sites for hydroxylation is 1. The van der Waals surface area contributed by atoms with Crippen LogP contribution in [0.4, 0.5) is 4.39 Å². The lowest BCUT2D eigenvalue weighted by atomic mass is 9.84. The Balaban J connectivity index is 1.84. The number of aromatic hydroxyl groups is 1. The van der Waals surface area contributed by atoms with Crippen molar-refractivity contribution in [3.63, 3.8) is 0 Å². The van der Waals surface area contributed by atoms with Gasteiger partial charge in [-0.15, -0.1) is 0 Å². The number of halogens is 1. The van der Waals surface area contributed by atoms with E-state index >= 15 is 0 Å². The van der Waals surface area contributed by atoms with Crippen LogP contribution in [0.15, 0.2) is 18.2 Å². The molecule has 104 valence electrons. The normalized spacial score (nSPS) is 26.8. The van der Waals surface area contributed by atoms with Crippen LogP contribution in [0, 0.1) is 0 Å². The van der Waals surface area contributed by atoms with Gasteiger partial charge in [-0.1, -0.05) is 6.07 Å². The van der Waals surface area contributed by atoms with Crippen LogP contribution in [0.2, 0.25) is 0 Å². The molecular formula is C15H20FNO2. The van der Waals surface area contributed by atoms with E-state index in [9.17, 15) is 9.50 Å². The number of morpholine rings is 1. The second-order valence-electron chi connectivity index (χ2n) is 5.36. The fourth-order valence-electron chi connectivity index (χ4n) is 3.32. The zero-order valence-corrected chi connectivity index (χ0v) is 11.0. The molecule has 1 fully saturated rings. The number of ether oxygens (including phenoxy) is 1. The molecule has 1 N–H and O–H groups in total. The molecule has 4 heteroatoms. The third-order valence-corrected chi connectivity index (χ3v) is 4.22. The Hall–Kier alpha value is -1.13. The maximum absolute atomic E-state index is 12.4. The van der Waals surface area contributed by atoms with Gasteiger partial charge in [-0.05, 0) is 42.5 Å². The van der Waals surface area contributed by atoms with E-state index in [1.807, 2.05) is 12.1 Å². The molecule has 19 heavy (non-hydrogen) atoms. The van der Waals surface area contributed by atoms with Crippen LogP contribution in [0.5, 0.6) is 5.75 Å². The molecule has 2 aliphatic rings. The highest BCUT2D eigenvalue weighted by atomic mass is 19.1.